The lowest BCUT2D eigenvalue weighted by molar-refractivity contribution is -0.274. The normalized spacial score (nSPS) is 11.3. The number of halogens is 4. The van der Waals surface area contributed by atoms with E-state index in [4.69, 9.17) is 0 Å². The molecule has 0 aliphatic heterocycles. The lowest BCUT2D eigenvalue weighted by atomic mass is 10.1. The van der Waals surface area contributed by atoms with Crippen LogP contribution in [0.1, 0.15) is 0 Å². The number of benzene rings is 2. The van der Waals surface area contributed by atoms with Crippen LogP contribution in [0.15, 0.2) is 48.5 Å². The van der Waals surface area contributed by atoms with Crippen LogP contribution < -0.4 is 4.74 Å². The Bertz CT molecular complexity index is 534. The minimum absolute atomic E-state index is 0.0670. The molecule has 0 bridgehead atoms. The molecule has 2 rings (SSSR count). The van der Waals surface area contributed by atoms with Crippen molar-refractivity contribution < 1.29 is 22.3 Å². The van der Waals surface area contributed by atoms with Crippen LogP contribution in [0.25, 0.3) is 11.1 Å². The lowest BCUT2D eigenvalue weighted by Crippen LogP contribution is -2.17. The van der Waals surface area contributed by atoms with Gasteiger partial charge >= 0.3 is 6.36 Å². The smallest absolute Gasteiger partial charge is 0.406 e. The topological polar surface area (TPSA) is 9.23 Å². The number of ether oxygens (including phenoxy) is 1. The fourth-order valence-electron chi connectivity index (χ4n) is 1.54. The zero-order chi connectivity index (χ0) is 13.2. The first-order valence-electron chi connectivity index (χ1n) is 5.06. The van der Waals surface area contributed by atoms with Crippen molar-refractivity contribution in [1.82, 2.24) is 0 Å². The Morgan fingerprint density at radius 1 is 0.889 bits per heavy atom. The van der Waals surface area contributed by atoms with Crippen LogP contribution in [0.2, 0.25) is 0 Å². The third-order valence-corrected chi connectivity index (χ3v) is 2.26. The van der Waals surface area contributed by atoms with Gasteiger partial charge in [0.05, 0.1) is 0 Å². The van der Waals surface area contributed by atoms with Crippen LogP contribution in [0.4, 0.5) is 17.6 Å². The summed E-state index contributed by atoms with van der Waals surface area (Å²) in [5, 5.41) is 0. The van der Waals surface area contributed by atoms with Crippen molar-refractivity contribution in [3.8, 4) is 16.9 Å². The lowest BCUT2D eigenvalue weighted by Gasteiger charge is -2.10. The van der Waals surface area contributed by atoms with E-state index in [0.29, 0.717) is 5.56 Å². The third kappa shape index (κ3) is 3.00. The quantitative estimate of drug-likeness (QED) is 0.724. The van der Waals surface area contributed by atoms with Crippen LogP contribution >= 0.6 is 0 Å². The fourth-order valence-corrected chi connectivity index (χ4v) is 1.54. The van der Waals surface area contributed by atoms with Crippen molar-refractivity contribution >= 4 is 0 Å². The largest absolute Gasteiger partial charge is 0.573 e. The Kier molecular flexibility index (Phi) is 3.23. The molecule has 1 nitrogen and oxygen atoms in total. The molecule has 18 heavy (non-hydrogen) atoms. The maximum Gasteiger partial charge on any atom is 0.573 e. The predicted molar refractivity (Wildman–Crippen MR) is 58.5 cm³/mol. The summed E-state index contributed by atoms with van der Waals surface area (Å²) in [6.07, 6.45) is -4.79. The maximum atomic E-state index is 13.6. The zero-order valence-electron chi connectivity index (χ0n) is 9.04. The summed E-state index contributed by atoms with van der Waals surface area (Å²) in [5.41, 5.74) is 0.556. The number of alkyl halides is 3. The molecule has 94 valence electrons. The molecule has 0 saturated heterocycles. The molecular weight excluding hydrogens is 248 g/mol. The van der Waals surface area contributed by atoms with E-state index in [1.165, 1.54) is 0 Å². The minimum Gasteiger partial charge on any atom is -0.406 e. The molecule has 0 radical (unpaired) electrons. The van der Waals surface area contributed by atoms with Crippen molar-refractivity contribution in [3.63, 3.8) is 0 Å². The molecule has 0 spiro atoms. The highest BCUT2D eigenvalue weighted by Gasteiger charge is 2.31. The summed E-state index contributed by atoms with van der Waals surface area (Å²) in [7, 11) is 0. The van der Waals surface area contributed by atoms with E-state index < -0.39 is 17.9 Å². The fraction of sp³-hybridized carbons (Fsp3) is 0.0769. The summed E-state index contributed by atoms with van der Waals surface area (Å²) in [5.74, 6) is -1.04. The SMILES string of the molecule is Fc1ccc(OC(F)(F)F)cc1-c1ccccc1. The molecule has 0 heterocycles. The molecule has 0 amide bonds. The van der Waals surface area contributed by atoms with E-state index in [0.717, 1.165) is 18.2 Å². The Hall–Kier alpha value is -2.04. The summed E-state index contributed by atoms with van der Waals surface area (Å²) in [6, 6.07) is 11.2. The molecule has 0 aliphatic rings. The highest BCUT2D eigenvalue weighted by Crippen LogP contribution is 2.29. The molecule has 0 saturated carbocycles. The molecule has 0 N–H and O–H groups in total. The second-order valence-corrected chi connectivity index (χ2v) is 3.56. The van der Waals surface area contributed by atoms with E-state index in [2.05, 4.69) is 4.74 Å². The molecule has 0 aromatic heterocycles. The Morgan fingerprint density at radius 3 is 2.17 bits per heavy atom. The van der Waals surface area contributed by atoms with Gasteiger partial charge in [0.25, 0.3) is 0 Å². The molecule has 2 aromatic rings. The van der Waals surface area contributed by atoms with Gasteiger partial charge in [-0.15, -0.1) is 13.2 Å². The van der Waals surface area contributed by atoms with Gasteiger partial charge in [-0.1, -0.05) is 30.3 Å². The predicted octanol–water partition coefficient (Wildman–Crippen LogP) is 4.39. The first-order chi connectivity index (χ1) is 8.46. The van der Waals surface area contributed by atoms with Crippen molar-refractivity contribution in [2.24, 2.45) is 0 Å². The molecule has 0 fully saturated rings. The zero-order valence-corrected chi connectivity index (χ0v) is 9.04. The van der Waals surface area contributed by atoms with Crippen molar-refractivity contribution in [1.29, 1.82) is 0 Å². The van der Waals surface area contributed by atoms with Gasteiger partial charge in [-0.05, 0) is 23.8 Å². The van der Waals surface area contributed by atoms with E-state index in [-0.39, 0.29) is 5.56 Å². The molecule has 0 aliphatic carbocycles. The second-order valence-electron chi connectivity index (χ2n) is 3.56. The summed E-state index contributed by atoms with van der Waals surface area (Å²) >= 11 is 0. The highest BCUT2D eigenvalue weighted by molar-refractivity contribution is 5.65. The van der Waals surface area contributed by atoms with E-state index >= 15 is 0 Å². The van der Waals surface area contributed by atoms with Crippen LogP contribution in [-0.4, -0.2) is 6.36 Å². The number of hydrogen-bond acceptors (Lipinski definition) is 1. The van der Waals surface area contributed by atoms with Gasteiger partial charge in [0, 0.05) is 5.56 Å². The van der Waals surface area contributed by atoms with Crippen molar-refractivity contribution in [2.45, 2.75) is 6.36 Å². The van der Waals surface area contributed by atoms with Gasteiger partial charge in [0.1, 0.15) is 11.6 Å². The van der Waals surface area contributed by atoms with Crippen LogP contribution in [-0.2, 0) is 0 Å². The van der Waals surface area contributed by atoms with Gasteiger partial charge in [-0.2, -0.15) is 0 Å². The molecule has 5 heteroatoms. The standard InChI is InChI=1S/C13H8F4O/c14-12-7-6-10(18-13(15,16)17)8-11(12)9-4-2-1-3-5-9/h1-8H. The third-order valence-electron chi connectivity index (χ3n) is 2.26. The van der Waals surface area contributed by atoms with Gasteiger partial charge in [0.15, 0.2) is 0 Å². The Labute approximate surface area is 101 Å². The van der Waals surface area contributed by atoms with Crippen LogP contribution in [0, 0.1) is 5.82 Å². The molecule has 0 unspecified atom stereocenters. The van der Waals surface area contributed by atoms with Crippen LogP contribution in [0.5, 0.6) is 5.75 Å². The first-order valence-corrected chi connectivity index (χ1v) is 5.06. The average molecular weight is 256 g/mol. The molecule has 2 aromatic carbocycles. The minimum atomic E-state index is -4.79. The average Bonchev–Trinajstić information content (AvgIpc) is 2.31. The van der Waals surface area contributed by atoms with Crippen LogP contribution in [0.3, 0.4) is 0 Å². The highest BCUT2D eigenvalue weighted by atomic mass is 19.4. The molecule has 0 atom stereocenters. The van der Waals surface area contributed by atoms with E-state index in [9.17, 15) is 17.6 Å². The maximum absolute atomic E-state index is 13.6. The second kappa shape index (κ2) is 4.68. The summed E-state index contributed by atoms with van der Waals surface area (Å²) in [6.45, 7) is 0. The van der Waals surface area contributed by atoms with Gasteiger partial charge in [-0.3, -0.25) is 0 Å². The van der Waals surface area contributed by atoms with Crippen molar-refractivity contribution in [2.75, 3.05) is 0 Å². The Morgan fingerprint density at radius 2 is 1.56 bits per heavy atom. The monoisotopic (exact) mass is 256 g/mol. The van der Waals surface area contributed by atoms with Gasteiger partial charge in [0.2, 0.25) is 0 Å². The van der Waals surface area contributed by atoms with Gasteiger partial charge < -0.3 is 4.74 Å². The first kappa shape index (κ1) is 12.4. The summed E-state index contributed by atoms with van der Waals surface area (Å²) < 4.78 is 53.5. The number of hydrogen-bond donors (Lipinski definition) is 0. The number of rotatable bonds is 2. The summed E-state index contributed by atoms with van der Waals surface area (Å²) in [4.78, 5) is 0. The van der Waals surface area contributed by atoms with E-state index in [1.54, 1.807) is 30.3 Å². The Balaban J connectivity index is 2.39. The van der Waals surface area contributed by atoms with Crippen molar-refractivity contribution in [3.05, 3.63) is 54.3 Å². The van der Waals surface area contributed by atoms with Gasteiger partial charge in [-0.25, -0.2) is 4.39 Å². The molecular formula is C13H8F4O. The van der Waals surface area contributed by atoms with E-state index in [1.807, 2.05) is 0 Å².